The van der Waals surface area contributed by atoms with Crippen LogP contribution in [0.5, 0.6) is 0 Å². The van der Waals surface area contributed by atoms with Crippen molar-refractivity contribution >= 4 is 5.88 Å². The van der Waals surface area contributed by atoms with Crippen LogP contribution in [0.2, 0.25) is 0 Å². The molecule has 3 nitrogen and oxygen atoms in total. The molecule has 0 atom stereocenters. The summed E-state index contributed by atoms with van der Waals surface area (Å²) in [5.74, 6) is 0.860. The summed E-state index contributed by atoms with van der Waals surface area (Å²) in [4.78, 5) is 0. The Bertz CT molecular complexity index is 728. The zero-order valence-electron chi connectivity index (χ0n) is 12.2. The Morgan fingerprint density at radius 3 is 2.19 bits per heavy atom. The predicted octanol–water partition coefficient (Wildman–Crippen LogP) is 4.71. The number of nitrogens with two attached hydrogens (primary N) is 1. The molecule has 0 saturated carbocycles. The smallest absolute Gasteiger partial charge is 0.230 e. The second-order valence-corrected chi connectivity index (χ2v) is 5.41. The number of nitrogen functional groups attached to an aromatic ring is 1. The van der Waals surface area contributed by atoms with Gasteiger partial charge in [-0.3, -0.25) is 0 Å². The first-order valence-electron chi connectivity index (χ1n) is 7.07. The van der Waals surface area contributed by atoms with Crippen LogP contribution in [-0.2, 0) is 0 Å². The SMILES string of the molecule is CC(C)c1ccc(-c2noc(N)c2-c2ccccc2)cc1. The number of anilines is 1. The van der Waals surface area contributed by atoms with E-state index >= 15 is 0 Å². The highest BCUT2D eigenvalue weighted by Crippen LogP contribution is 2.36. The maximum atomic E-state index is 5.96. The largest absolute Gasteiger partial charge is 0.367 e. The van der Waals surface area contributed by atoms with E-state index < -0.39 is 0 Å². The Morgan fingerprint density at radius 1 is 0.905 bits per heavy atom. The van der Waals surface area contributed by atoms with Crippen LogP contribution in [0.15, 0.2) is 59.1 Å². The minimum absolute atomic E-state index is 0.351. The molecule has 0 fully saturated rings. The van der Waals surface area contributed by atoms with Gasteiger partial charge in [0.25, 0.3) is 0 Å². The number of nitrogens with zero attached hydrogens (tertiary/aromatic N) is 1. The molecule has 0 aliphatic rings. The molecule has 3 aromatic rings. The van der Waals surface area contributed by atoms with Gasteiger partial charge in [0.1, 0.15) is 5.69 Å². The van der Waals surface area contributed by atoms with Crippen LogP contribution in [-0.4, -0.2) is 5.16 Å². The highest BCUT2D eigenvalue weighted by atomic mass is 16.5. The van der Waals surface area contributed by atoms with Gasteiger partial charge in [0.05, 0.1) is 5.56 Å². The lowest BCUT2D eigenvalue weighted by Crippen LogP contribution is -1.89. The molecule has 0 bridgehead atoms. The van der Waals surface area contributed by atoms with Gasteiger partial charge in [0.15, 0.2) is 0 Å². The first kappa shape index (κ1) is 13.4. The Labute approximate surface area is 124 Å². The molecule has 1 aromatic heterocycles. The molecule has 106 valence electrons. The van der Waals surface area contributed by atoms with E-state index in [1.54, 1.807) is 0 Å². The average molecular weight is 278 g/mol. The van der Waals surface area contributed by atoms with Crippen LogP contribution in [0, 0.1) is 0 Å². The van der Waals surface area contributed by atoms with Crippen molar-refractivity contribution in [3.63, 3.8) is 0 Å². The molecule has 2 N–H and O–H groups in total. The number of benzene rings is 2. The van der Waals surface area contributed by atoms with Gasteiger partial charge < -0.3 is 10.3 Å². The summed E-state index contributed by atoms with van der Waals surface area (Å²) in [5, 5.41) is 4.14. The molecule has 3 rings (SSSR count). The maximum Gasteiger partial charge on any atom is 0.230 e. The van der Waals surface area contributed by atoms with Gasteiger partial charge in [-0.25, -0.2) is 0 Å². The molecule has 0 radical (unpaired) electrons. The molecule has 2 aromatic carbocycles. The normalized spacial score (nSPS) is 11.0. The zero-order valence-corrected chi connectivity index (χ0v) is 12.2. The van der Waals surface area contributed by atoms with Crippen molar-refractivity contribution in [1.82, 2.24) is 5.16 Å². The van der Waals surface area contributed by atoms with E-state index in [2.05, 4.69) is 43.3 Å². The van der Waals surface area contributed by atoms with E-state index in [4.69, 9.17) is 10.3 Å². The van der Waals surface area contributed by atoms with E-state index in [-0.39, 0.29) is 0 Å². The molecule has 21 heavy (non-hydrogen) atoms. The van der Waals surface area contributed by atoms with Gasteiger partial charge in [-0.2, -0.15) is 0 Å². The van der Waals surface area contributed by atoms with Crippen LogP contribution in [0.4, 0.5) is 5.88 Å². The fourth-order valence-electron chi connectivity index (χ4n) is 2.41. The Hall–Kier alpha value is -2.55. The molecule has 0 saturated heterocycles. The molecular weight excluding hydrogens is 260 g/mol. The summed E-state index contributed by atoms with van der Waals surface area (Å²) in [6.45, 7) is 4.36. The van der Waals surface area contributed by atoms with Crippen molar-refractivity contribution in [2.75, 3.05) is 5.73 Å². The first-order chi connectivity index (χ1) is 10.2. The van der Waals surface area contributed by atoms with Crippen molar-refractivity contribution in [3.05, 3.63) is 60.2 Å². The van der Waals surface area contributed by atoms with Crippen LogP contribution in [0.25, 0.3) is 22.4 Å². The molecule has 0 aliphatic carbocycles. The summed E-state index contributed by atoms with van der Waals surface area (Å²) >= 11 is 0. The van der Waals surface area contributed by atoms with Crippen molar-refractivity contribution in [2.45, 2.75) is 19.8 Å². The van der Waals surface area contributed by atoms with Crippen LogP contribution in [0.3, 0.4) is 0 Å². The van der Waals surface area contributed by atoms with E-state index in [0.717, 1.165) is 22.4 Å². The number of hydrogen-bond donors (Lipinski definition) is 1. The molecule has 0 unspecified atom stereocenters. The zero-order chi connectivity index (χ0) is 14.8. The maximum absolute atomic E-state index is 5.96. The summed E-state index contributed by atoms with van der Waals surface area (Å²) in [5.41, 5.74) is 10.9. The first-order valence-corrected chi connectivity index (χ1v) is 7.07. The topological polar surface area (TPSA) is 52.0 Å². The van der Waals surface area contributed by atoms with Crippen LogP contribution >= 0.6 is 0 Å². The van der Waals surface area contributed by atoms with E-state index in [0.29, 0.717) is 11.8 Å². The molecule has 0 spiro atoms. The van der Waals surface area contributed by atoms with Crippen molar-refractivity contribution in [1.29, 1.82) is 0 Å². The van der Waals surface area contributed by atoms with Gasteiger partial charge in [0.2, 0.25) is 5.88 Å². The Balaban J connectivity index is 2.08. The number of rotatable bonds is 3. The summed E-state index contributed by atoms with van der Waals surface area (Å²) < 4.78 is 5.21. The van der Waals surface area contributed by atoms with E-state index in [9.17, 15) is 0 Å². The van der Waals surface area contributed by atoms with Gasteiger partial charge in [-0.05, 0) is 17.0 Å². The lowest BCUT2D eigenvalue weighted by Gasteiger charge is -2.07. The highest BCUT2D eigenvalue weighted by molar-refractivity contribution is 5.86. The minimum Gasteiger partial charge on any atom is -0.367 e. The molecule has 3 heteroatoms. The predicted molar refractivity (Wildman–Crippen MR) is 85.9 cm³/mol. The third-order valence-electron chi connectivity index (χ3n) is 3.63. The standard InChI is InChI=1S/C18H18N2O/c1-12(2)13-8-10-15(11-9-13)17-16(18(19)21-20-17)14-6-4-3-5-7-14/h3-12H,19H2,1-2H3. The van der Waals surface area contributed by atoms with Crippen molar-refractivity contribution < 1.29 is 4.52 Å². The molecule has 1 heterocycles. The van der Waals surface area contributed by atoms with Gasteiger partial charge >= 0.3 is 0 Å². The summed E-state index contributed by atoms with van der Waals surface area (Å²) in [6, 6.07) is 18.3. The van der Waals surface area contributed by atoms with Gasteiger partial charge in [0, 0.05) is 5.56 Å². The van der Waals surface area contributed by atoms with Gasteiger partial charge in [-0.15, -0.1) is 0 Å². The molecule has 0 aliphatic heterocycles. The molecular formula is C18H18N2O. The summed E-state index contributed by atoms with van der Waals surface area (Å²) in [6.07, 6.45) is 0. The van der Waals surface area contributed by atoms with Crippen molar-refractivity contribution in [3.8, 4) is 22.4 Å². The van der Waals surface area contributed by atoms with E-state index in [1.807, 2.05) is 30.3 Å². The lowest BCUT2D eigenvalue weighted by atomic mass is 9.97. The van der Waals surface area contributed by atoms with Crippen LogP contribution in [0.1, 0.15) is 25.3 Å². The number of hydrogen-bond acceptors (Lipinski definition) is 3. The fourth-order valence-corrected chi connectivity index (χ4v) is 2.41. The monoisotopic (exact) mass is 278 g/mol. The minimum atomic E-state index is 0.351. The Kier molecular flexibility index (Phi) is 3.48. The van der Waals surface area contributed by atoms with E-state index in [1.165, 1.54) is 5.56 Å². The quantitative estimate of drug-likeness (QED) is 0.754. The third-order valence-corrected chi connectivity index (χ3v) is 3.63. The number of aromatic nitrogens is 1. The van der Waals surface area contributed by atoms with Gasteiger partial charge in [-0.1, -0.05) is 73.6 Å². The molecule has 0 amide bonds. The average Bonchev–Trinajstić information content (AvgIpc) is 2.90. The summed E-state index contributed by atoms with van der Waals surface area (Å²) in [7, 11) is 0. The Morgan fingerprint density at radius 2 is 1.57 bits per heavy atom. The van der Waals surface area contributed by atoms with Crippen LogP contribution < -0.4 is 5.73 Å². The lowest BCUT2D eigenvalue weighted by molar-refractivity contribution is 0.439. The highest BCUT2D eigenvalue weighted by Gasteiger charge is 2.17. The second-order valence-electron chi connectivity index (χ2n) is 5.41. The fraction of sp³-hybridized carbons (Fsp3) is 0.167. The van der Waals surface area contributed by atoms with Crippen molar-refractivity contribution in [2.24, 2.45) is 0 Å². The third kappa shape index (κ3) is 2.55. The second kappa shape index (κ2) is 5.44.